The van der Waals surface area contributed by atoms with E-state index in [0.29, 0.717) is 54.4 Å². The van der Waals surface area contributed by atoms with Gasteiger partial charge in [0.1, 0.15) is 11.3 Å². The molecule has 3 aromatic heterocycles. The number of imidazole rings is 2. The van der Waals surface area contributed by atoms with Gasteiger partial charge in [0.05, 0.1) is 23.9 Å². The van der Waals surface area contributed by atoms with Gasteiger partial charge in [-0.3, -0.25) is 9.59 Å². The highest BCUT2D eigenvalue weighted by Crippen LogP contribution is 2.26. The summed E-state index contributed by atoms with van der Waals surface area (Å²) in [5.74, 6) is 2.01. The molecule has 2 N–H and O–H groups in total. The monoisotopic (exact) mass is 494 g/mol. The van der Waals surface area contributed by atoms with E-state index in [9.17, 15) is 9.59 Å². The van der Waals surface area contributed by atoms with Crippen LogP contribution < -0.4 is 5.32 Å². The first-order valence-corrected chi connectivity index (χ1v) is 12.3. The minimum absolute atomic E-state index is 0.0218. The lowest BCUT2D eigenvalue weighted by Crippen LogP contribution is -2.28. The van der Waals surface area contributed by atoms with Crippen molar-refractivity contribution >= 4 is 39.7 Å². The van der Waals surface area contributed by atoms with Crippen LogP contribution in [0.3, 0.4) is 0 Å². The lowest BCUT2D eigenvalue weighted by atomic mass is 10.1. The second-order valence-corrected chi connectivity index (χ2v) is 9.18. The quantitative estimate of drug-likeness (QED) is 0.315. The Hall–Kier alpha value is -4.60. The Bertz CT molecular complexity index is 1600. The Morgan fingerprint density at radius 2 is 1.97 bits per heavy atom. The predicted molar refractivity (Wildman–Crippen MR) is 140 cm³/mol. The first kappa shape index (κ1) is 22.8. The summed E-state index contributed by atoms with van der Waals surface area (Å²) in [4.78, 5) is 48.1. The molecular formula is C27H26N8O2. The first-order valence-electron chi connectivity index (χ1n) is 12.3. The van der Waals surface area contributed by atoms with Gasteiger partial charge in [0, 0.05) is 37.2 Å². The molecule has 0 spiro atoms. The number of carbonyl (C=O) groups excluding carboxylic acids is 2. The summed E-state index contributed by atoms with van der Waals surface area (Å²) < 4.78 is 1.95. The fraction of sp³-hybridized carbons (Fsp3) is 0.259. The van der Waals surface area contributed by atoms with E-state index in [2.05, 4.69) is 20.3 Å². The highest BCUT2D eigenvalue weighted by Gasteiger charge is 2.21. The third kappa shape index (κ3) is 4.53. The summed E-state index contributed by atoms with van der Waals surface area (Å²) in [5.41, 5.74) is 4.50. The highest BCUT2D eigenvalue weighted by molar-refractivity contribution is 5.95. The molecule has 10 nitrogen and oxygen atoms in total. The molecule has 0 aliphatic carbocycles. The van der Waals surface area contributed by atoms with Crippen LogP contribution in [0.15, 0.2) is 54.9 Å². The van der Waals surface area contributed by atoms with Crippen molar-refractivity contribution in [2.45, 2.75) is 32.9 Å². The number of benzene rings is 2. The standard InChI is InChI=1S/C27H26N8O2/c1-17(36)18-6-4-7-19(14-18)25-32-26(28-15-22-30-20-8-2-3-9-21(20)31-22)24-27(33-25)35(16-29-24)13-12-34-11-5-10-23(34)37/h2-4,6-9,14,16H,5,10-13,15H2,1H3,(H,30,31)(H,28,32,33). The number of hydrogen-bond acceptors (Lipinski definition) is 7. The van der Waals surface area contributed by atoms with Crippen molar-refractivity contribution in [1.29, 1.82) is 0 Å². The Kier molecular flexibility index (Phi) is 5.84. The third-order valence-electron chi connectivity index (χ3n) is 6.64. The Labute approximate surface area is 212 Å². The van der Waals surface area contributed by atoms with Crippen LogP contribution >= 0.6 is 0 Å². The van der Waals surface area contributed by atoms with Crippen LogP contribution in [0.4, 0.5) is 5.82 Å². The van der Waals surface area contributed by atoms with Gasteiger partial charge < -0.3 is 19.8 Å². The van der Waals surface area contributed by atoms with E-state index < -0.39 is 0 Å². The smallest absolute Gasteiger partial charge is 0.222 e. The summed E-state index contributed by atoms with van der Waals surface area (Å²) >= 11 is 0. The number of carbonyl (C=O) groups is 2. The first-order chi connectivity index (χ1) is 18.0. The molecule has 0 bridgehead atoms. The maximum Gasteiger partial charge on any atom is 0.222 e. The van der Waals surface area contributed by atoms with Gasteiger partial charge in [-0.1, -0.05) is 30.3 Å². The normalized spacial score (nSPS) is 13.6. The molecule has 6 rings (SSSR count). The zero-order valence-electron chi connectivity index (χ0n) is 20.4. The van der Waals surface area contributed by atoms with E-state index in [-0.39, 0.29) is 11.7 Å². The van der Waals surface area contributed by atoms with Gasteiger partial charge in [0.15, 0.2) is 23.1 Å². The highest BCUT2D eigenvalue weighted by atomic mass is 16.2. The van der Waals surface area contributed by atoms with Crippen molar-refractivity contribution < 1.29 is 9.59 Å². The number of ketones is 1. The van der Waals surface area contributed by atoms with Crippen molar-refractivity contribution in [3.8, 4) is 11.4 Å². The second-order valence-electron chi connectivity index (χ2n) is 9.18. The number of Topliss-reactive ketones (excluding diaryl/α,β-unsaturated/α-hetero) is 1. The van der Waals surface area contributed by atoms with Crippen molar-refractivity contribution in [3.05, 3.63) is 66.2 Å². The molecule has 0 saturated carbocycles. The summed E-state index contributed by atoms with van der Waals surface area (Å²) in [6.45, 7) is 3.93. The summed E-state index contributed by atoms with van der Waals surface area (Å²) in [6.07, 6.45) is 3.25. The fourth-order valence-electron chi connectivity index (χ4n) is 4.66. The average Bonchev–Trinajstić information content (AvgIpc) is 3.63. The SMILES string of the molecule is CC(=O)c1cccc(-c2nc(NCc3nc4ccccc4[nH]3)c3ncn(CCN4CCCC4=O)c3n2)c1. The van der Waals surface area contributed by atoms with Gasteiger partial charge in [-0.15, -0.1) is 0 Å². The Morgan fingerprint density at radius 3 is 2.78 bits per heavy atom. The van der Waals surface area contributed by atoms with E-state index in [0.717, 1.165) is 35.4 Å². The topological polar surface area (TPSA) is 122 Å². The van der Waals surface area contributed by atoms with Crippen molar-refractivity contribution in [1.82, 2.24) is 34.4 Å². The maximum absolute atomic E-state index is 12.1. The predicted octanol–water partition coefficient (Wildman–Crippen LogP) is 3.81. The zero-order valence-corrected chi connectivity index (χ0v) is 20.4. The largest absolute Gasteiger partial charge is 0.361 e. The Balaban J connectivity index is 1.36. The van der Waals surface area contributed by atoms with Gasteiger partial charge in [-0.2, -0.15) is 0 Å². The third-order valence-corrected chi connectivity index (χ3v) is 6.64. The molecular weight excluding hydrogens is 468 g/mol. The molecule has 1 aliphatic heterocycles. The molecule has 10 heteroatoms. The second kappa shape index (κ2) is 9.45. The van der Waals surface area contributed by atoms with E-state index >= 15 is 0 Å². The zero-order chi connectivity index (χ0) is 25.4. The molecule has 2 aromatic carbocycles. The minimum atomic E-state index is -0.0218. The number of H-pyrrole nitrogens is 1. The van der Waals surface area contributed by atoms with Gasteiger partial charge in [-0.05, 0) is 31.5 Å². The van der Waals surface area contributed by atoms with Crippen molar-refractivity contribution in [2.75, 3.05) is 18.4 Å². The molecule has 1 aliphatic rings. The molecule has 0 unspecified atom stereocenters. The molecule has 0 radical (unpaired) electrons. The fourth-order valence-corrected chi connectivity index (χ4v) is 4.66. The molecule has 1 amide bonds. The number of nitrogens with one attached hydrogen (secondary N) is 2. The summed E-state index contributed by atoms with van der Waals surface area (Å²) in [5, 5.41) is 3.38. The molecule has 186 valence electrons. The Morgan fingerprint density at radius 1 is 1.08 bits per heavy atom. The van der Waals surface area contributed by atoms with Gasteiger partial charge in [-0.25, -0.2) is 19.9 Å². The summed E-state index contributed by atoms with van der Waals surface area (Å²) in [7, 11) is 0. The number of aromatic amines is 1. The van der Waals surface area contributed by atoms with Gasteiger partial charge >= 0.3 is 0 Å². The van der Waals surface area contributed by atoms with Crippen LogP contribution in [-0.2, 0) is 17.9 Å². The van der Waals surface area contributed by atoms with E-state index in [1.807, 2.05) is 45.9 Å². The number of aromatic nitrogens is 6. The van der Waals surface area contributed by atoms with Crippen molar-refractivity contribution in [3.63, 3.8) is 0 Å². The van der Waals surface area contributed by atoms with Crippen molar-refractivity contribution in [2.24, 2.45) is 0 Å². The molecule has 0 atom stereocenters. The number of anilines is 1. The van der Waals surface area contributed by atoms with E-state index in [1.165, 1.54) is 6.92 Å². The molecule has 4 heterocycles. The van der Waals surface area contributed by atoms with Gasteiger partial charge in [0.25, 0.3) is 0 Å². The number of fused-ring (bicyclic) bond motifs is 2. The maximum atomic E-state index is 12.1. The molecule has 5 aromatic rings. The number of amides is 1. The molecule has 1 fully saturated rings. The van der Waals surface area contributed by atoms with E-state index in [1.54, 1.807) is 18.5 Å². The number of rotatable bonds is 8. The van der Waals surface area contributed by atoms with Crippen LogP contribution in [0.1, 0.15) is 35.9 Å². The van der Waals surface area contributed by atoms with Crippen LogP contribution in [0.2, 0.25) is 0 Å². The average molecular weight is 495 g/mol. The molecule has 37 heavy (non-hydrogen) atoms. The number of hydrogen-bond donors (Lipinski definition) is 2. The summed E-state index contributed by atoms with van der Waals surface area (Å²) in [6, 6.07) is 15.2. The van der Waals surface area contributed by atoms with Crippen LogP contribution in [0, 0.1) is 0 Å². The molecule has 1 saturated heterocycles. The van der Waals surface area contributed by atoms with Crippen LogP contribution in [-0.4, -0.2) is 59.2 Å². The van der Waals surface area contributed by atoms with Gasteiger partial charge in [0.2, 0.25) is 5.91 Å². The van der Waals surface area contributed by atoms with E-state index in [4.69, 9.17) is 9.97 Å². The number of para-hydroxylation sites is 2. The van der Waals surface area contributed by atoms with Crippen LogP contribution in [0.25, 0.3) is 33.6 Å². The number of likely N-dealkylation sites (tertiary alicyclic amines) is 1. The lowest BCUT2D eigenvalue weighted by molar-refractivity contribution is -0.127. The van der Waals surface area contributed by atoms with Crippen LogP contribution in [0.5, 0.6) is 0 Å². The lowest BCUT2D eigenvalue weighted by Gasteiger charge is -2.16. The minimum Gasteiger partial charge on any atom is -0.361 e. The number of nitrogens with zero attached hydrogens (tertiary/aromatic N) is 6.